The van der Waals surface area contributed by atoms with Crippen LogP contribution in [0.5, 0.6) is 5.75 Å². The highest BCUT2D eigenvalue weighted by molar-refractivity contribution is 6.00. The minimum Gasteiger partial charge on any atom is -0.494 e. The highest BCUT2D eigenvalue weighted by atomic mass is 19.1. The summed E-state index contributed by atoms with van der Waals surface area (Å²) in [6.07, 6.45) is 2.58. The molecule has 3 aromatic rings. The van der Waals surface area contributed by atoms with E-state index in [0.29, 0.717) is 40.4 Å². The van der Waals surface area contributed by atoms with Crippen molar-refractivity contribution >= 4 is 34.2 Å². The molecule has 8 nitrogen and oxygen atoms in total. The molecule has 2 saturated heterocycles. The van der Waals surface area contributed by atoms with Crippen molar-refractivity contribution in [1.82, 2.24) is 14.9 Å². The highest BCUT2D eigenvalue weighted by Crippen LogP contribution is 2.41. The molecule has 1 aromatic heterocycles. The van der Waals surface area contributed by atoms with Crippen molar-refractivity contribution < 1.29 is 18.7 Å². The summed E-state index contributed by atoms with van der Waals surface area (Å²) in [5, 5.41) is 3.71. The molecule has 5 rings (SSSR count). The Morgan fingerprint density at radius 1 is 1.18 bits per heavy atom. The Morgan fingerprint density at radius 2 is 1.97 bits per heavy atom. The number of aryl methyl sites for hydroxylation is 1. The molecule has 2 aliphatic rings. The molecule has 0 saturated carbocycles. The van der Waals surface area contributed by atoms with Crippen LogP contribution in [0.15, 0.2) is 36.7 Å². The number of nitrogens with zero attached hydrogens (tertiary/aromatic N) is 4. The van der Waals surface area contributed by atoms with Gasteiger partial charge in [-0.2, -0.15) is 0 Å². The lowest BCUT2D eigenvalue weighted by Crippen LogP contribution is -2.45. The molecule has 9 heteroatoms. The smallest absolute Gasteiger partial charge is 0.415 e. The molecule has 0 radical (unpaired) electrons. The molecule has 0 unspecified atom stereocenters. The van der Waals surface area contributed by atoms with Crippen molar-refractivity contribution in [3.05, 3.63) is 48.0 Å². The van der Waals surface area contributed by atoms with E-state index in [9.17, 15) is 9.18 Å². The van der Waals surface area contributed by atoms with Gasteiger partial charge in [-0.3, -0.25) is 4.90 Å². The van der Waals surface area contributed by atoms with E-state index in [4.69, 9.17) is 9.47 Å². The summed E-state index contributed by atoms with van der Waals surface area (Å²) in [5.41, 5.74) is 1.83. The Morgan fingerprint density at radius 3 is 2.70 bits per heavy atom. The topological polar surface area (TPSA) is 79.8 Å². The zero-order chi connectivity index (χ0) is 23.2. The van der Waals surface area contributed by atoms with Gasteiger partial charge in [-0.1, -0.05) is 6.07 Å². The number of halogens is 1. The van der Waals surface area contributed by atoms with E-state index in [0.717, 1.165) is 31.5 Å². The molecule has 1 spiro atoms. The van der Waals surface area contributed by atoms with Gasteiger partial charge in [0.25, 0.3) is 0 Å². The lowest BCUT2D eigenvalue weighted by atomic mass is 9.91. The van der Waals surface area contributed by atoms with E-state index in [1.165, 1.54) is 12.4 Å². The van der Waals surface area contributed by atoms with Crippen molar-refractivity contribution in [3.63, 3.8) is 0 Å². The number of likely N-dealkylation sites (tertiary alicyclic amines) is 1. The molecule has 0 atom stereocenters. The zero-order valence-corrected chi connectivity index (χ0v) is 18.9. The number of carbonyl (C=O) groups excluding carboxylic acids is 1. The third-order valence-electron chi connectivity index (χ3n) is 6.47. The van der Waals surface area contributed by atoms with Crippen LogP contribution in [0.1, 0.15) is 18.4 Å². The first-order valence-corrected chi connectivity index (χ1v) is 10.9. The standard InChI is InChI=1S/C24H26FN5O3/c1-15-4-5-18(17(25)10-15)28-22-16-11-20(21(32-3)12-19(16)26-14-27-22)30-13-24(33-23(30)31)6-8-29(2)9-7-24/h4-5,10-12,14H,6-9,13H2,1-3H3,(H,26,27,28). The van der Waals surface area contributed by atoms with E-state index >= 15 is 0 Å². The van der Waals surface area contributed by atoms with Crippen LogP contribution in [0, 0.1) is 12.7 Å². The molecule has 0 aliphatic carbocycles. The molecule has 0 bridgehead atoms. The molecule has 1 N–H and O–H groups in total. The molecule has 2 aromatic carbocycles. The lowest BCUT2D eigenvalue weighted by molar-refractivity contribution is 0.00678. The van der Waals surface area contributed by atoms with E-state index in [1.54, 1.807) is 30.2 Å². The summed E-state index contributed by atoms with van der Waals surface area (Å²) in [6.45, 7) is 4.03. The van der Waals surface area contributed by atoms with E-state index < -0.39 is 11.7 Å². The third kappa shape index (κ3) is 3.93. The molecular weight excluding hydrogens is 425 g/mol. The number of benzene rings is 2. The Bertz CT molecular complexity index is 1230. The van der Waals surface area contributed by atoms with Crippen LogP contribution in [0.3, 0.4) is 0 Å². The van der Waals surface area contributed by atoms with Gasteiger partial charge in [-0.15, -0.1) is 0 Å². The summed E-state index contributed by atoms with van der Waals surface area (Å²) in [4.78, 5) is 25.4. The number of hydrogen-bond acceptors (Lipinski definition) is 7. The number of fused-ring (bicyclic) bond motifs is 1. The quantitative estimate of drug-likeness (QED) is 0.635. The Kier molecular flexibility index (Phi) is 5.28. The molecule has 172 valence electrons. The number of aromatic nitrogens is 2. The summed E-state index contributed by atoms with van der Waals surface area (Å²) in [7, 11) is 3.62. The molecular formula is C24H26FN5O3. The first-order chi connectivity index (χ1) is 15.9. The van der Waals surface area contributed by atoms with Crippen molar-refractivity contribution in [2.24, 2.45) is 0 Å². The first kappa shape index (κ1) is 21.4. The number of piperidine rings is 1. The Hall–Kier alpha value is -3.46. The minimum atomic E-state index is -0.497. The van der Waals surface area contributed by atoms with Gasteiger partial charge in [-0.25, -0.2) is 19.2 Å². The average Bonchev–Trinajstić information content (AvgIpc) is 3.12. The number of hydrogen-bond donors (Lipinski definition) is 1. The van der Waals surface area contributed by atoms with Crippen LogP contribution >= 0.6 is 0 Å². The van der Waals surface area contributed by atoms with E-state index in [1.807, 2.05) is 13.0 Å². The normalized spacial score (nSPS) is 18.1. The van der Waals surface area contributed by atoms with E-state index in [-0.39, 0.29) is 5.82 Å². The highest BCUT2D eigenvalue weighted by Gasteiger charge is 2.47. The molecule has 3 heterocycles. The second kappa shape index (κ2) is 8.15. The number of anilines is 3. The van der Waals surface area contributed by atoms with Crippen LogP contribution < -0.4 is 15.0 Å². The summed E-state index contributed by atoms with van der Waals surface area (Å²) >= 11 is 0. The number of rotatable bonds is 4. The van der Waals surface area contributed by atoms with Gasteiger partial charge < -0.3 is 19.7 Å². The SMILES string of the molecule is COc1cc2ncnc(Nc3ccc(C)cc3F)c2cc1N1CC2(CCN(C)CC2)OC1=O. The summed E-state index contributed by atoms with van der Waals surface area (Å²) < 4.78 is 25.9. The van der Waals surface area contributed by atoms with Gasteiger partial charge in [0.1, 0.15) is 29.3 Å². The third-order valence-corrected chi connectivity index (χ3v) is 6.47. The minimum absolute atomic E-state index is 0.309. The first-order valence-electron chi connectivity index (χ1n) is 10.9. The largest absolute Gasteiger partial charge is 0.494 e. The van der Waals surface area contributed by atoms with Crippen molar-refractivity contribution in [1.29, 1.82) is 0 Å². The van der Waals surface area contributed by atoms with Gasteiger partial charge in [-0.05, 0) is 37.7 Å². The number of nitrogens with one attached hydrogen (secondary N) is 1. The Balaban J connectivity index is 1.54. The fourth-order valence-corrected chi connectivity index (χ4v) is 4.49. The molecule has 2 aliphatic heterocycles. The number of ether oxygens (including phenoxy) is 2. The zero-order valence-electron chi connectivity index (χ0n) is 18.9. The predicted octanol–water partition coefficient (Wildman–Crippen LogP) is 4.25. The maximum Gasteiger partial charge on any atom is 0.415 e. The van der Waals surface area contributed by atoms with Crippen LogP contribution in [0.4, 0.5) is 26.4 Å². The van der Waals surface area contributed by atoms with Crippen molar-refractivity contribution in [2.45, 2.75) is 25.4 Å². The average molecular weight is 452 g/mol. The number of amides is 1. The predicted molar refractivity (Wildman–Crippen MR) is 124 cm³/mol. The molecule has 2 fully saturated rings. The van der Waals surface area contributed by atoms with Crippen molar-refractivity contribution in [2.75, 3.05) is 44.0 Å². The second-order valence-corrected chi connectivity index (χ2v) is 8.81. The number of methoxy groups -OCH3 is 1. The summed E-state index contributed by atoms with van der Waals surface area (Å²) in [6, 6.07) is 8.52. The van der Waals surface area contributed by atoms with Gasteiger partial charge >= 0.3 is 6.09 Å². The van der Waals surface area contributed by atoms with Gasteiger partial charge in [0.2, 0.25) is 0 Å². The maximum atomic E-state index is 14.5. The Labute approximate surface area is 191 Å². The fourth-order valence-electron chi connectivity index (χ4n) is 4.49. The lowest BCUT2D eigenvalue weighted by Gasteiger charge is -2.35. The second-order valence-electron chi connectivity index (χ2n) is 8.81. The molecule has 33 heavy (non-hydrogen) atoms. The maximum absolute atomic E-state index is 14.5. The monoisotopic (exact) mass is 451 g/mol. The van der Waals surface area contributed by atoms with Gasteiger partial charge in [0, 0.05) is 37.4 Å². The fraction of sp³-hybridized carbons (Fsp3) is 0.375. The van der Waals surface area contributed by atoms with Crippen LogP contribution in [-0.2, 0) is 4.74 Å². The number of carbonyl (C=O) groups is 1. The van der Waals surface area contributed by atoms with E-state index in [2.05, 4.69) is 27.2 Å². The van der Waals surface area contributed by atoms with Crippen LogP contribution in [0.25, 0.3) is 10.9 Å². The van der Waals surface area contributed by atoms with Gasteiger partial charge in [0.15, 0.2) is 0 Å². The van der Waals surface area contributed by atoms with Gasteiger partial charge in [0.05, 0.1) is 30.5 Å². The van der Waals surface area contributed by atoms with Crippen LogP contribution in [-0.4, -0.2) is 60.4 Å². The van der Waals surface area contributed by atoms with Crippen LogP contribution in [0.2, 0.25) is 0 Å². The van der Waals surface area contributed by atoms with Crippen molar-refractivity contribution in [3.8, 4) is 5.75 Å². The summed E-state index contributed by atoms with van der Waals surface area (Å²) in [5.74, 6) is 0.576. The molecule has 1 amide bonds.